The van der Waals surface area contributed by atoms with E-state index in [1.54, 1.807) is 0 Å². The van der Waals surface area contributed by atoms with Crippen LogP contribution in [0.25, 0.3) is 5.69 Å². The highest BCUT2D eigenvalue weighted by atomic mass is 32.2. The van der Waals surface area contributed by atoms with E-state index in [9.17, 15) is 8.42 Å². The summed E-state index contributed by atoms with van der Waals surface area (Å²) < 4.78 is 31.4. The Bertz CT molecular complexity index is 925. The summed E-state index contributed by atoms with van der Waals surface area (Å²) in [7, 11) is -3.50. The van der Waals surface area contributed by atoms with E-state index in [4.69, 9.17) is 4.74 Å². The fraction of sp³-hybridized carbons (Fsp3) is 0.571. The van der Waals surface area contributed by atoms with Gasteiger partial charge in [0.1, 0.15) is 17.1 Å². The standard InChI is InChI=1S/C14H18N6O3S/c1-4-14-8-23-6-5-19(14)11-10(20-9(2)17-18-12(14)20)7-15-13(16-11)24(3,21)22/h7H,4-6,8H2,1-3H3. The van der Waals surface area contributed by atoms with Gasteiger partial charge in [-0.15, -0.1) is 10.2 Å². The van der Waals surface area contributed by atoms with Crippen molar-refractivity contribution in [2.45, 2.75) is 31.0 Å². The number of ether oxygens (including phenoxy) is 1. The Kier molecular flexibility index (Phi) is 3.20. The molecule has 2 aliphatic rings. The minimum atomic E-state index is -3.50. The van der Waals surface area contributed by atoms with Gasteiger partial charge in [-0.2, -0.15) is 4.98 Å². The van der Waals surface area contributed by atoms with Gasteiger partial charge in [-0.05, 0) is 13.3 Å². The molecule has 24 heavy (non-hydrogen) atoms. The van der Waals surface area contributed by atoms with Crippen molar-refractivity contribution in [3.8, 4) is 5.69 Å². The Morgan fingerprint density at radius 1 is 1.38 bits per heavy atom. The number of hydrogen-bond acceptors (Lipinski definition) is 8. The molecule has 0 aliphatic carbocycles. The van der Waals surface area contributed by atoms with Crippen molar-refractivity contribution in [3.63, 3.8) is 0 Å². The molecule has 0 amide bonds. The lowest BCUT2D eigenvalue weighted by atomic mass is 9.90. The minimum Gasteiger partial charge on any atom is -0.377 e. The first-order chi connectivity index (χ1) is 11.4. The maximum absolute atomic E-state index is 11.9. The smallest absolute Gasteiger partial charge is 0.248 e. The predicted molar refractivity (Wildman–Crippen MR) is 84.9 cm³/mol. The molecule has 0 bridgehead atoms. The molecule has 4 heterocycles. The second-order valence-corrected chi connectivity index (χ2v) is 8.04. The highest BCUT2D eigenvalue weighted by Gasteiger charge is 2.49. The van der Waals surface area contributed by atoms with E-state index in [0.29, 0.717) is 37.1 Å². The molecule has 4 rings (SSSR count). The van der Waals surface area contributed by atoms with E-state index < -0.39 is 15.4 Å². The Balaban J connectivity index is 2.05. The Morgan fingerprint density at radius 2 is 2.17 bits per heavy atom. The summed E-state index contributed by atoms with van der Waals surface area (Å²) >= 11 is 0. The lowest BCUT2D eigenvalue weighted by molar-refractivity contribution is 0.0389. The van der Waals surface area contributed by atoms with E-state index in [2.05, 4.69) is 32.0 Å². The number of fused-ring (bicyclic) bond motifs is 6. The lowest BCUT2D eigenvalue weighted by Gasteiger charge is -2.49. The van der Waals surface area contributed by atoms with Gasteiger partial charge in [-0.1, -0.05) is 6.92 Å². The molecule has 2 aliphatic heterocycles. The third kappa shape index (κ3) is 1.92. The van der Waals surface area contributed by atoms with Gasteiger partial charge < -0.3 is 9.64 Å². The van der Waals surface area contributed by atoms with Crippen LogP contribution in [-0.2, 0) is 20.1 Å². The zero-order chi connectivity index (χ0) is 17.1. The van der Waals surface area contributed by atoms with Crippen LogP contribution in [0.1, 0.15) is 25.0 Å². The van der Waals surface area contributed by atoms with Crippen LogP contribution in [0.3, 0.4) is 0 Å². The van der Waals surface area contributed by atoms with Crippen molar-refractivity contribution in [1.82, 2.24) is 24.7 Å². The summed E-state index contributed by atoms with van der Waals surface area (Å²) in [5.74, 6) is 2.08. The fourth-order valence-electron chi connectivity index (χ4n) is 3.47. The van der Waals surface area contributed by atoms with Gasteiger partial charge in [-0.3, -0.25) is 4.57 Å². The monoisotopic (exact) mass is 350 g/mol. The quantitative estimate of drug-likeness (QED) is 0.709. The van der Waals surface area contributed by atoms with Gasteiger partial charge in [0.15, 0.2) is 11.6 Å². The van der Waals surface area contributed by atoms with E-state index in [1.807, 2.05) is 11.5 Å². The number of sulfone groups is 1. The number of aromatic nitrogens is 5. The number of aryl methyl sites for hydroxylation is 1. The second kappa shape index (κ2) is 4.96. The summed E-state index contributed by atoms with van der Waals surface area (Å²) in [6.45, 7) is 5.52. The first kappa shape index (κ1) is 15.5. The molecule has 0 radical (unpaired) electrons. The van der Waals surface area contributed by atoms with Crippen LogP contribution in [0.15, 0.2) is 11.4 Å². The van der Waals surface area contributed by atoms with E-state index >= 15 is 0 Å². The minimum absolute atomic E-state index is 0.174. The third-order valence-electron chi connectivity index (χ3n) is 4.70. The van der Waals surface area contributed by atoms with Gasteiger partial charge in [0, 0.05) is 12.8 Å². The molecule has 0 saturated carbocycles. The van der Waals surface area contributed by atoms with E-state index in [0.717, 1.165) is 18.5 Å². The van der Waals surface area contributed by atoms with E-state index in [1.165, 1.54) is 6.20 Å². The average Bonchev–Trinajstić information content (AvgIpc) is 2.96. The maximum Gasteiger partial charge on any atom is 0.248 e. The summed E-state index contributed by atoms with van der Waals surface area (Å²) in [6, 6.07) is 0. The van der Waals surface area contributed by atoms with Crippen LogP contribution in [0.2, 0.25) is 0 Å². The SMILES string of the molecule is CCC12COCCN1c1nc(S(C)(=O)=O)ncc1-n1c(C)nnc12. The van der Waals surface area contributed by atoms with Crippen LogP contribution in [0.4, 0.5) is 5.82 Å². The van der Waals surface area contributed by atoms with Gasteiger partial charge in [0.2, 0.25) is 15.0 Å². The second-order valence-electron chi connectivity index (χ2n) is 6.13. The van der Waals surface area contributed by atoms with Gasteiger partial charge in [0.05, 0.1) is 19.4 Å². The molecule has 2 aromatic rings. The van der Waals surface area contributed by atoms with Crippen molar-refractivity contribution < 1.29 is 13.2 Å². The van der Waals surface area contributed by atoms with Gasteiger partial charge in [0.25, 0.3) is 0 Å². The van der Waals surface area contributed by atoms with Crippen molar-refractivity contribution >= 4 is 15.7 Å². The zero-order valence-corrected chi connectivity index (χ0v) is 14.5. The molecule has 1 atom stereocenters. The molecule has 9 nitrogen and oxygen atoms in total. The maximum atomic E-state index is 11.9. The number of anilines is 1. The summed E-state index contributed by atoms with van der Waals surface area (Å²) in [5.41, 5.74) is 0.196. The highest BCUT2D eigenvalue weighted by molar-refractivity contribution is 7.90. The number of nitrogens with zero attached hydrogens (tertiary/aromatic N) is 6. The lowest BCUT2D eigenvalue weighted by Crippen LogP contribution is -2.58. The zero-order valence-electron chi connectivity index (χ0n) is 13.7. The fourth-order valence-corrected chi connectivity index (χ4v) is 3.97. The molecule has 1 saturated heterocycles. The first-order valence-electron chi connectivity index (χ1n) is 7.74. The molecule has 0 aromatic carbocycles. The molecular weight excluding hydrogens is 332 g/mol. The summed E-state index contributed by atoms with van der Waals surface area (Å²) in [5, 5.41) is 8.41. The van der Waals surface area contributed by atoms with E-state index in [-0.39, 0.29) is 5.16 Å². The Hall–Kier alpha value is -2.07. The van der Waals surface area contributed by atoms with Crippen LogP contribution >= 0.6 is 0 Å². The molecule has 0 N–H and O–H groups in total. The normalized spacial score (nSPS) is 22.7. The van der Waals surface area contributed by atoms with Crippen molar-refractivity contribution in [2.24, 2.45) is 0 Å². The predicted octanol–water partition coefficient (Wildman–Crippen LogP) is 0.225. The van der Waals surface area contributed by atoms with Crippen molar-refractivity contribution in [3.05, 3.63) is 17.8 Å². The van der Waals surface area contributed by atoms with Crippen molar-refractivity contribution in [2.75, 3.05) is 30.9 Å². The number of morpholine rings is 1. The van der Waals surface area contributed by atoms with Crippen LogP contribution < -0.4 is 4.90 Å². The third-order valence-corrected chi connectivity index (χ3v) is 5.56. The van der Waals surface area contributed by atoms with Gasteiger partial charge >= 0.3 is 0 Å². The number of hydrogen-bond donors (Lipinski definition) is 0. The molecule has 10 heteroatoms. The van der Waals surface area contributed by atoms with Crippen LogP contribution in [0, 0.1) is 6.92 Å². The first-order valence-corrected chi connectivity index (χ1v) is 9.63. The van der Waals surface area contributed by atoms with Crippen LogP contribution in [0.5, 0.6) is 0 Å². The highest BCUT2D eigenvalue weighted by Crippen LogP contribution is 2.44. The van der Waals surface area contributed by atoms with Crippen LogP contribution in [-0.4, -0.2) is 59.2 Å². The molecular formula is C14H18N6O3S. The Morgan fingerprint density at radius 3 is 2.88 bits per heavy atom. The molecule has 0 spiro atoms. The summed E-state index contributed by atoms with van der Waals surface area (Å²) in [6.07, 6.45) is 3.38. The molecule has 2 aromatic heterocycles. The molecule has 1 fully saturated rings. The molecule has 1 unspecified atom stereocenters. The molecule has 128 valence electrons. The van der Waals surface area contributed by atoms with Crippen molar-refractivity contribution in [1.29, 1.82) is 0 Å². The topological polar surface area (TPSA) is 103 Å². The summed E-state index contributed by atoms with van der Waals surface area (Å²) in [4.78, 5) is 10.5. The largest absolute Gasteiger partial charge is 0.377 e. The number of rotatable bonds is 2. The Labute approximate surface area is 139 Å². The van der Waals surface area contributed by atoms with Gasteiger partial charge in [-0.25, -0.2) is 13.4 Å². The average molecular weight is 350 g/mol.